The van der Waals surface area contributed by atoms with Gasteiger partial charge in [-0.15, -0.1) is 0 Å². The average Bonchev–Trinajstić information content (AvgIpc) is 3.19. The van der Waals surface area contributed by atoms with Crippen molar-refractivity contribution < 1.29 is 14.1 Å². The summed E-state index contributed by atoms with van der Waals surface area (Å²) in [5.41, 5.74) is 6.35. The smallest absolute Gasteiger partial charge is 0.293 e. The fourth-order valence-corrected chi connectivity index (χ4v) is 2.83. The summed E-state index contributed by atoms with van der Waals surface area (Å²) in [6.45, 7) is 0. The van der Waals surface area contributed by atoms with Crippen LogP contribution >= 0.6 is 35.4 Å². The van der Waals surface area contributed by atoms with Crippen molar-refractivity contribution >= 4 is 57.8 Å². The largest absolute Gasteiger partial charge is 0.451 e. The maximum Gasteiger partial charge on any atom is 0.293 e. The minimum atomic E-state index is -0.572. The number of non-ortho nitro benzene ring substituents is 1. The van der Waals surface area contributed by atoms with Gasteiger partial charge in [0.05, 0.1) is 20.7 Å². The Morgan fingerprint density at radius 2 is 1.79 bits per heavy atom. The number of hydrogen-bond acceptors (Lipinski definition) is 6. The molecule has 8 nitrogen and oxygen atoms in total. The summed E-state index contributed by atoms with van der Waals surface area (Å²) in [5.74, 6) is -0.168. The topological polar surface area (TPSA) is 109 Å². The molecule has 3 aromatic rings. The first-order valence-electron chi connectivity index (χ1n) is 8.01. The highest BCUT2D eigenvalue weighted by atomic mass is 35.5. The van der Waals surface area contributed by atoms with Crippen LogP contribution in [0.5, 0.6) is 0 Å². The monoisotopic (exact) mass is 450 g/mol. The van der Waals surface area contributed by atoms with Gasteiger partial charge in [-0.1, -0.05) is 29.3 Å². The van der Waals surface area contributed by atoms with Crippen LogP contribution in [0.15, 0.2) is 59.0 Å². The predicted octanol–water partition coefficient (Wildman–Crippen LogP) is 4.79. The Labute approximate surface area is 179 Å². The molecule has 0 unspecified atom stereocenters. The standard InChI is InChI=1S/C18H12Cl2N4O4S/c19-13-3-1-2-12(16(13)20)14-8-9-15(28-14)17(25)21-18(29)23-22-10-4-6-11(7-5-10)24(26)27/h1-9,22H,(H2,21,23,25,29). The average molecular weight is 451 g/mol. The molecule has 0 aliphatic carbocycles. The van der Waals surface area contributed by atoms with Crippen LogP contribution in [0.2, 0.25) is 10.0 Å². The third kappa shape index (κ3) is 5.02. The summed E-state index contributed by atoms with van der Waals surface area (Å²) in [6.07, 6.45) is 0. The highest BCUT2D eigenvalue weighted by Gasteiger charge is 2.16. The highest BCUT2D eigenvalue weighted by molar-refractivity contribution is 7.80. The number of anilines is 1. The molecular weight excluding hydrogens is 439 g/mol. The maximum absolute atomic E-state index is 12.3. The fourth-order valence-electron chi connectivity index (χ4n) is 2.29. The van der Waals surface area contributed by atoms with Crippen LogP contribution in [0.4, 0.5) is 11.4 Å². The number of halogens is 2. The number of benzene rings is 2. The molecule has 0 atom stereocenters. The van der Waals surface area contributed by atoms with Gasteiger partial charge < -0.3 is 4.42 Å². The summed E-state index contributed by atoms with van der Waals surface area (Å²) in [6, 6.07) is 13.8. The first-order valence-corrected chi connectivity index (χ1v) is 9.17. The number of nitrogens with zero attached hydrogens (tertiary/aromatic N) is 1. The van der Waals surface area contributed by atoms with Gasteiger partial charge in [0.1, 0.15) is 5.76 Å². The quantitative estimate of drug-likeness (QED) is 0.291. The molecule has 0 spiro atoms. The van der Waals surface area contributed by atoms with Crippen LogP contribution in [-0.2, 0) is 0 Å². The Hall–Kier alpha value is -3.14. The van der Waals surface area contributed by atoms with E-state index >= 15 is 0 Å². The van der Waals surface area contributed by atoms with E-state index in [4.69, 9.17) is 39.8 Å². The van der Waals surface area contributed by atoms with E-state index in [0.29, 0.717) is 27.1 Å². The second-order valence-electron chi connectivity index (χ2n) is 5.60. The number of amides is 1. The van der Waals surface area contributed by atoms with Crippen molar-refractivity contribution in [3.05, 3.63) is 80.5 Å². The zero-order valence-corrected chi connectivity index (χ0v) is 16.8. The molecule has 0 radical (unpaired) electrons. The molecule has 0 aliphatic rings. The number of nitro benzene ring substituents is 1. The van der Waals surface area contributed by atoms with Crippen molar-refractivity contribution in [3.63, 3.8) is 0 Å². The van der Waals surface area contributed by atoms with Crippen molar-refractivity contribution in [2.75, 3.05) is 5.43 Å². The van der Waals surface area contributed by atoms with Crippen LogP contribution in [-0.4, -0.2) is 15.9 Å². The zero-order valence-electron chi connectivity index (χ0n) is 14.4. The predicted molar refractivity (Wildman–Crippen MR) is 114 cm³/mol. The zero-order chi connectivity index (χ0) is 21.0. The van der Waals surface area contributed by atoms with Crippen LogP contribution in [0.1, 0.15) is 10.6 Å². The molecule has 148 valence electrons. The van der Waals surface area contributed by atoms with Gasteiger partial charge in [-0.25, -0.2) is 0 Å². The first kappa shape index (κ1) is 20.6. The molecule has 0 saturated heterocycles. The SMILES string of the molecule is O=C(NC(=S)NNc1ccc([N+](=O)[O-])cc1)c1ccc(-c2cccc(Cl)c2Cl)o1. The molecule has 3 N–H and O–H groups in total. The molecule has 1 aromatic heterocycles. The van der Waals surface area contributed by atoms with Crippen molar-refractivity contribution in [3.8, 4) is 11.3 Å². The molecular formula is C18H12Cl2N4O4S. The lowest BCUT2D eigenvalue weighted by molar-refractivity contribution is -0.384. The second-order valence-corrected chi connectivity index (χ2v) is 6.80. The Bertz CT molecular complexity index is 1090. The van der Waals surface area contributed by atoms with Crippen LogP contribution in [0, 0.1) is 10.1 Å². The maximum atomic E-state index is 12.3. The third-order valence-electron chi connectivity index (χ3n) is 3.67. The summed E-state index contributed by atoms with van der Waals surface area (Å²) < 4.78 is 5.54. The summed E-state index contributed by atoms with van der Waals surface area (Å²) in [5, 5.41) is 13.8. The minimum absolute atomic E-state index is 0.0212. The molecule has 0 fully saturated rings. The van der Waals surface area contributed by atoms with Gasteiger partial charge in [0, 0.05) is 17.7 Å². The Balaban J connectivity index is 1.59. The van der Waals surface area contributed by atoms with E-state index in [0.717, 1.165) is 0 Å². The summed E-state index contributed by atoms with van der Waals surface area (Å²) in [7, 11) is 0. The number of nitro groups is 1. The minimum Gasteiger partial charge on any atom is -0.451 e. The van der Waals surface area contributed by atoms with Gasteiger partial charge in [-0.2, -0.15) is 0 Å². The molecule has 3 rings (SSSR count). The van der Waals surface area contributed by atoms with Gasteiger partial charge >= 0.3 is 0 Å². The molecule has 29 heavy (non-hydrogen) atoms. The van der Waals surface area contributed by atoms with E-state index in [2.05, 4.69) is 16.2 Å². The molecule has 0 aliphatic heterocycles. The Morgan fingerprint density at radius 3 is 2.48 bits per heavy atom. The Morgan fingerprint density at radius 1 is 1.07 bits per heavy atom. The lowest BCUT2D eigenvalue weighted by Crippen LogP contribution is -2.41. The van der Waals surface area contributed by atoms with Gasteiger partial charge in [0.2, 0.25) is 0 Å². The van der Waals surface area contributed by atoms with Gasteiger partial charge in [0.15, 0.2) is 10.9 Å². The van der Waals surface area contributed by atoms with Gasteiger partial charge in [-0.05, 0) is 48.6 Å². The number of rotatable bonds is 5. The number of carbonyl (C=O) groups is 1. The number of nitrogens with one attached hydrogen (secondary N) is 3. The van der Waals surface area contributed by atoms with Crippen LogP contribution in [0.3, 0.4) is 0 Å². The molecule has 11 heteroatoms. The van der Waals surface area contributed by atoms with Crippen LogP contribution < -0.4 is 16.2 Å². The van der Waals surface area contributed by atoms with Crippen molar-refractivity contribution in [2.24, 2.45) is 0 Å². The van der Waals surface area contributed by atoms with Crippen molar-refractivity contribution in [1.29, 1.82) is 0 Å². The second kappa shape index (κ2) is 8.91. The number of hydrazine groups is 1. The van der Waals surface area contributed by atoms with Gasteiger partial charge in [-0.3, -0.25) is 31.1 Å². The van der Waals surface area contributed by atoms with Crippen molar-refractivity contribution in [2.45, 2.75) is 0 Å². The Kier molecular flexibility index (Phi) is 6.32. The highest BCUT2D eigenvalue weighted by Crippen LogP contribution is 2.34. The van der Waals surface area contributed by atoms with E-state index in [1.54, 1.807) is 24.3 Å². The van der Waals surface area contributed by atoms with E-state index in [1.165, 1.54) is 30.3 Å². The third-order valence-corrected chi connectivity index (χ3v) is 4.70. The van der Waals surface area contributed by atoms with E-state index < -0.39 is 10.8 Å². The number of hydrogen-bond donors (Lipinski definition) is 3. The number of carbonyl (C=O) groups excluding carboxylic acids is 1. The van der Waals surface area contributed by atoms with E-state index in [-0.39, 0.29) is 16.6 Å². The summed E-state index contributed by atoms with van der Waals surface area (Å²) >= 11 is 17.2. The van der Waals surface area contributed by atoms with Gasteiger partial charge in [0.25, 0.3) is 11.6 Å². The van der Waals surface area contributed by atoms with Crippen molar-refractivity contribution in [1.82, 2.24) is 10.7 Å². The molecule has 2 aromatic carbocycles. The lowest BCUT2D eigenvalue weighted by atomic mass is 10.2. The normalized spacial score (nSPS) is 10.3. The lowest BCUT2D eigenvalue weighted by Gasteiger charge is -2.10. The van der Waals surface area contributed by atoms with E-state index in [1.807, 2.05) is 0 Å². The molecule has 0 bridgehead atoms. The van der Waals surface area contributed by atoms with E-state index in [9.17, 15) is 14.9 Å². The fraction of sp³-hybridized carbons (Fsp3) is 0. The summed E-state index contributed by atoms with van der Waals surface area (Å²) in [4.78, 5) is 22.4. The number of thiocarbonyl (C=S) groups is 1. The van der Waals surface area contributed by atoms with Crippen LogP contribution in [0.25, 0.3) is 11.3 Å². The number of furan rings is 1. The molecule has 0 saturated carbocycles. The molecule has 1 amide bonds. The first-order chi connectivity index (χ1) is 13.8. The molecule has 1 heterocycles.